The molecule has 0 saturated carbocycles. The number of benzene rings is 2. The van der Waals surface area contributed by atoms with Crippen molar-refractivity contribution in [1.82, 2.24) is 10.2 Å². The van der Waals surface area contributed by atoms with E-state index in [4.69, 9.17) is 4.74 Å². The molecule has 7 nitrogen and oxygen atoms in total. The highest BCUT2D eigenvalue weighted by Crippen LogP contribution is 2.19. The largest absolute Gasteiger partial charge is 0.497 e. The summed E-state index contributed by atoms with van der Waals surface area (Å²) >= 11 is 0. The minimum absolute atomic E-state index is 0.0623. The molecule has 8 heteroatoms. The molecule has 2 aromatic rings. The van der Waals surface area contributed by atoms with E-state index in [-0.39, 0.29) is 22.7 Å². The SMILES string of the molecule is COc1cccc(S(=O)(=O)CCN2CCC(NC(=O)Nc3ccccc3)CC2)c1. The van der Waals surface area contributed by atoms with E-state index in [1.807, 2.05) is 30.3 Å². The van der Waals surface area contributed by atoms with Crippen LogP contribution in [-0.4, -0.2) is 57.9 Å². The Bertz CT molecular complexity index is 911. The fourth-order valence-electron chi connectivity index (χ4n) is 3.34. The summed E-state index contributed by atoms with van der Waals surface area (Å²) in [5.74, 6) is 0.596. The van der Waals surface area contributed by atoms with E-state index in [2.05, 4.69) is 15.5 Å². The summed E-state index contributed by atoms with van der Waals surface area (Å²) in [5, 5.41) is 5.81. The Kier molecular flexibility index (Phi) is 7.11. The molecule has 156 valence electrons. The lowest BCUT2D eigenvalue weighted by Gasteiger charge is -2.32. The zero-order chi connectivity index (χ0) is 20.7. The van der Waals surface area contributed by atoms with E-state index in [9.17, 15) is 13.2 Å². The predicted octanol–water partition coefficient (Wildman–Crippen LogP) is 2.76. The molecule has 3 rings (SSSR count). The van der Waals surface area contributed by atoms with Gasteiger partial charge in [-0.25, -0.2) is 13.2 Å². The maximum Gasteiger partial charge on any atom is 0.319 e. The van der Waals surface area contributed by atoms with Gasteiger partial charge in [-0.3, -0.25) is 0 Å². The Hall–Kier alpha value is -2.58. The number of nitrogens with zero attached hydrogens (tertiary/aromatic N) is 1. The third-order valence-corrected chi connectivity index (χ3v) is 6.72. The number of nitrogens with one attached hydrogen (secondary N) is 2. The van der Waals surface area contributed by atoms with Gasteiger partial charge in [-0.2, -0.15) is 0 Å². The number of hydrogen-bond acceptors (Lipinski definition) is 5. The number of methoxy groups -OCH3 is 1. The second-order valence-electron chi connectivity index (χ2n) is 7.08. The molecule has 2 N–H and O–H groups in total. The lowest BCUT2D eigenvalue weighted by Crippen LogP contribution is -2.46. The van der Waals surface area contributed by atoms with Crippen molar-refractivity contribution in [2.45, 2.75) is 23.8 Å². The van der Waals surface area contributed by atoms with Gasteiger partial charge >= 0.3 is 6.03 Å². The van der Waals surface area contributed by atoms with Gasteiger partial charge in [0.25, 0.3) is 0 Å². The summed E-state index contributed by atoms with van der Waals surface area (Å²) in [6.45, 7) is 1.98. The van der Waals surface area contributed by atoms with Crippen molar-refractivity contribution in [3.05, 3.63) is 54.6 Å². The summed E-state index contributed by atoms with van der Waals surface area (Å²) in [4.78, 5) is 14.5. The smallest absolute Gasteiger partial charge is 0.319 e. The fraction of sp³-hybridized carbons (Fsp3) is 0.381. The van der Waals surface area contributed by atoms with Gasteiger partial charge in [-0.15, -0.1) is 0 Å². The minimum atomic E-state index is -3.36. The highest BCUT2D eigenvalue weighted by atomic mass is 32.2. The Labute approximate surface area is 172 Å². The molecule has 0 unspecified atom stereocenters. The van der Waals surface area contributed by atoms with Gasteiger partial charge in [-0.05, 0) is 43.2 Å². The maximum atomic E-state index is 12.6. The summed E-state index contributed by atoms with van der Waals surface area (Å²) in [7, 11) is -1.84. The molecule has 1 aliphatic heterocycles. The summed E-state index contributed by atoms with van der Waals surface area (Å²) < 4.78 is 30.3. The van der Waals surface area contributed by atoms with Gasteiger partial charge < -0.3 is 20.3 Å². The molecule has 0 aromatic heterocycles. The van der Waals surface area contributed by atoms with Crippen LogP contribution in [0, 0.1) is 0 Å². The molecule has 0 spiro atoms. The lowest BCUT2D eigenvalue weighted by atomic mass is 10.1. The predicted molar refractivity (Wildman–Crippen MR) is 113 cm³/mol. The second-order valence-corrected chi connectivity index (χ2v) is 9.19. The van der Waals surface area contributed by atoms with Crippen molar-refractivity contribution < 1.29 is 17.9 Å². The highest BCUT2D eigenvalue weighted by molar-refractivity contribution is 7.91. The summed E-state index contributed by atoms with van der Waals surface area (Å²) in [5.41, 5.74) is 0.755. The van der Waals surface area contributed by atoms with Crippen LogP contribution in [-0.2, 0) is 9.84 Å². The van der Waals surface area contributed by atoms with Gasteiger partial charge in [0.1, 0.15) is 5.75 Å². The zero-order valence-corrected chi connectivity index (χ0v) is 17.3. The molecule has 1 heterocycles. The number of carbonyl (C=O) groups excluding carboxylic acids is 1. The number of ether oxygens (including phenoxy) is 1. The van der Waals surface area contributed by atoms with Crippen molar-refractivity contribution in [1.29, 1.82) is 0 Å². The molecule has 0 radical (unpaired) electrons. The van der Waals surface area contributed by atoms with Crippen LogP contribution in [0.3, 0.4) is 0 Å². The summed E-state index contributed by atoms with van der Waals surface area (Å²) in [6.07, 6.45) is 1.59. The highest BCUT2D eigenvalue weighted by Gasteiger charge is 2.23. The molecule has 0 atom stereocenters. The first kappa shape index (κ1) is 21.1. The first-order valence-corrected chi connectivity index (χ1v) is 11.3. The molecular weight excluding hydrogens is 390 g/mol. The first-order chi connectivity index (χ1) is 14.0. The van der Waals surface area contributed by atoms with E-state index in [0.29, 0.717) is 12.3 Å². The van der Waals surface area contributed by atoms with Crippen molar-refractivity contribution >= 4 is 21.6 Å². The number of rotatable bonds is 7. The van der Waals surface area contributed by atoms with Gasteiger partial charge in [0, 0.05) is 31.4 Å². The maximum absolute atomic E-state index is 12.6. The number of urea groups is 1. The van der Waals surface area contributed by atoms with Crippen LogP contribution in [0.2, 0.25) is 0 Å². The molecule has 2 aromatic carbocycles. The van der Waals surface area contributed by atoms with E-state index in [0.717, 1.165) is 31.6 Å². The number of hydrogen-bond donors (Lipinski definition) is 2. The van der Waals surface area contributed by atoms with E-state index < -0.39 is 9.84 Å². The normalized spacial score (nSPS) is 15.6. The quantitative estimate of drug-likeness (QED) is 0.723. The van der Waals surface area contributed by atoms with Crippen LogP contribution < -0.4 is 15.4 Å². The molecule has 1 saturated heterocycles. The molecule has 2 amide bonds. The second kappa shape index (κ2) is 9.76. The number of amides is 2. The molecule has 0 aliphatic carbocycles. The summed E-state index contributed by atoms with van der Waals surface area (Å²) in [6, 6.07) is 15.7. The number of likely N-dealkylation sites (tertiary alicyclic amines) is 1. The van der Waals surface area contributed by atoms with Crippen molar-refractivity contribution in [3.8, 4) is 5.75 Å². The van der Waals surface area contributed by atoms with Gasteiger partial charge in [0.05, 0.1) is 17.8 Å². The third kappa shape index (κ3) is 6.20. The van der Waals surface area contributed by atoms with Gasteiger partial charge in [0.15, 0.2) is 9.84 Å². The standard InChI is InChI=1S/C21H27N3O4S/c1-28-19-8-5-9-20(16-19)29(26,27)15-14-24-12-10-18(11-13-24)23-21(25)22-17-6-3-2-4-7-17/h2-9,16,18H,10-15H2,1H3,(H2,22,23,25). The van der Waals surface area contributed by atoms with Crippen molar-refractivity contribution in [2.24, 2.45) is 0 Å². The monoisotopic (exact) mass is 417 g/mol. The molecule has 1 fully saturated rings. The van der Waals surface area contributed by atoms with Crippen molar-refractivity contribution in [2.75, 3.05) is 37.8 Å². The van der Waals surface area contributed by atoms with Crippen LogP contribution in [0.5, 0.6) is 5.75 Å². The molecule has 0 bridgehead atoms. The van der Waals surface area contributed by atoms with E-state index >= 15 is 0 Å². The zero-order valence-electron chi connectivity index (χ0n) is 16.5. The Morgan fingerprint density at radius 2 is 1.83 bits per heavy atom. The van der Waals surface area contributed by atoms with Gasteiger partial charge in [0.2, 0.25) is 0 Å². The van der Waals surface area contributed by atoms with Crippen LogP contribution >= 0.6 is 0 Å². The molecule has 1 aliphatic rings. The number of anilines is 1. The number of para-hydroxylation sites is 1. The Balaban J connectivity index is 1.43. The fourth-order valence-corrected chi connectivity index (χ4v) is 4.65. The molecule has 29 heavy (non-hydrogen) atoms. The van der Waals surface area contributed by atoms with Crippen LogP contribution in [0.25, 0.3) is 0 Å². The van der Waals surface area contributed by atoms with E-state index in [1.54, 1.807) is 24.3 Å². The average Bonchev–Trinajstić information content (AvgIpc) is 2.74. The van der Waals surface area contributed by atoms with Gasteiger partial charge in [-0.1, -0.05) is 24.3 Å². The Morgan fingerprint density at radius 3 is 2.52 bits per heavy atom. The lowest BCUT2D eigenvalue weighted by molar-refractivity contribution is 0.203. The van der Waals surface area contributed by atoms with Crippen LogP contribution in [0.1, 0.15) is 12.8 Å². The van der Waals surface area contributed by atoms with E-state index in [1.165, 1.54) is 7.11 Å². The topological polar surface area (TPSA) is 87.7 Å². The number of piperidine rings is 1. The molecular formula is C21H27N3O4S. The average molecular weight is 418 g/mol. The first-order valence-electron chi connectivity index (χ1n) is 9.68. The Morgan fingerprint density at radius 1 is 1.10 bits per heavy atom. The van der Waals surface area contributed by atoms with Crippen molar-refractivity contribution in [3.63, 3.8) is 0 Å². The number of carbonyl (C=O) groups is 1. The minimum Gasteiger partial charge on any atom is -0.497 e. The van der Waals surface area contributed by atoms with Crippen LogP contribution in [0.15, 0.2) is 59.5 Å². The third-order valence-electron chi connectivity index (χ3n) is 5.03. The van der Waals surface area contributed by atoms with Crippen LogP contribution in [0.4, 0.5) is 10.5 Å². The number of sulfone groups is 1.